The van der Waals surface area contributed by atoms with Crippen molar-refractivity contribution in [3.8, 4) is 0 Å². The predicted octanol–water partition coefficient (Wildman–Crippen LogP) is 2.96. The fraction of sp³-hybridized carbons (Fsp3) is 0.440. The number of carbonyl (C=O) groups is 2. The lowest BCUT2D eigenvalue weighted by molar-refractivity contribution is -0.136. The molecule has 1 atom stereocenters. The maximum Gasteiger partial charge on any atom is 0.313 e. The number of hydrogen-bond donors (Lipinski definition) is 2. The summed E-state index contributed by atoms with van der Waals surface area (Å²) in [6, 6.07) is 12.5. The van der Waals surface area contributed by atoms with E-state index in [1.807, 2.05) is 32.9 Å². The highest BCUT2D eigenvalue weighted by Crippen LogP contribution is 2.23. The van der Waals surface area contributed by atoms with Gasteiger partial charge in [-0.25, -0.2) is 0 Å². The van der Waals surface area contributed by atoms with Crippen LogP contribution in [0.5, 0.6) is 0 Å². The molecule has 2 amide bonds. The minimum Gasteiger partial charge on any atom is -0.346 e. The third-order valence-electron chi connectivity index (χ3n) is 6.02. The number of rotatable bonds is 5. The molecule has 1 saturated heterocycles. The van der Waals surface area contributed by atoms with Gasteiger partial charge in [-0.3, -0.25) is 14.5 Å². The third kappa shape index (κ3) is 5.93. The average Bonchev–Trinajstić information content (AvgIpc) is 2.72. The highest BCUT2D eigenvalue weighted by molar-refractivity contribution is 6.39. The van der Waals surface area contributed by atoms with Crippen LogP contribution in [0.15, 0.2) is 36.4 Å². The second-order valence-electron chi connectivity index (χ2n) is 8.70. The highest BCUT2D eigenvalue weighted by atomic mass is 16.2. The van der Waals surface area contributed by atoms with E-state index in [4.69, 9.17) is 0 Å². The van der Waals surface area contributed by atoms with E-state index in [0.29, 0.717) is 12.2 Å². The van der Waals surface area contributed by atoms with Crippen molar-refractivity contribution >= 4 is 17.5 Å². The first-order valence-electron chi connectivity index (χ1n) is 10.9. The van der Waals surface area contributed by atoms with Crippen LogP contribution < -0.4 is 10.6 Å². The third-order valence-corrected chi connectivity index (χ3v) is 6.02. The maximum absolute atomic E-state index is 12.6. The molecular formula is C25H34N4O2. The average molecular weight is 423 g/mol. The molecule has 1 unspecified atom stereocenters. The van der Waals surface area contributed by atoms with Crippen LogP contribution in [0.3, 0.4) is 0 Å². The van der Waals surface area contributed by atoms with Gasteiger partial charge in [0.05, 0.1) is 6.04 Å². The lowest BCUT2D eigenvalue weighted by Crippen LogP contribution is -2.49. The van der Waals surface area contributed by atoms with Crippen LogP contribution in [0.4, 0.5) is 5.69 Å². The van der Waals surface area contributed by atoms with E-state index < -0.39 is 11.8 Å². The molecule has 0 aromatic heterocycles. The Hall–Kier alpha value is -2.70. The molecular weight excluding hydrogens is 388 g/mol. The molecule has 0 spiro atoms. The molecule has 0 saturated carbocycles. The minimum absolute atomic E-state index is 0.0360. The van der Waals surface area contributed by atoms with Gasteiger partial charge in [0.2, 0.25) is 0 Å². The molecule has 0 radical (unpaired) electrons. The Balaban J connectivity index is 1.68. The number of aryl methyl sites for hydroxylation is 4. The van der Waals surface area contributed by atoms with E-state index in [1.165, 1.54) is 5.56 Å². The molecule has 6 nitrogen and oxygen atoms in total. The van der Waals surface area contributed by atoms with Gasteiger partial charge in [-0.15, -0.1) is 0 Å². The number of nitrogens with zero attached hydrogens (tertiary/aromatic N) is 2. The largest absolute Gasteiger partial charge is 0.346 e. The van der Waals surface area contributed by atoms with Crippen molar-refractivity contribution in [1.29, 1.82) is 0 Å². The lowest BCUT2D eigenvalue weighted by Gasteiger charge is -2.38. The molecule has 1 fully saturated rings. The van der Waals surface area contributed by atoms with Gasteiger partial charge in [-0.1, -0.05) is 47.5 Å². The van der Waals surface area contributed by atoms with Crippen molar-refractivity contribution in [2.45, 2.75) is 33.7 Å². The van der Waals surface area contributed by atoms with Gasteiger partial charge in [-0.05, 0) is 51.4 Å². The minimum atomic E-state index is -0.629. The normalized spacial score (nSPS) is 16.0. The molecule has 3 rings (SSSR count). The van der Waals surface area contributed by atoms with Crippen LogP contribution in [-0.4, -0.2) is 61.4 Å². The van der Waals surface area contributed by atoms with E-state index in [-0.39, 0.29) is 6.04 Å². The number of anilines is 1. The number of benzene rings is 2. The van der Waals surface area contributed by atoms with Gasteiger partial charge in [0.1, 0.15) is 0 Å². The van der Waals surface area contributed by atoms with E-state index in [1.54, 1.807) is 0 Å². The summed E-state index contributed by atoms with van der Waals surface area (Å²) in [6.07, 6.45) is 0. The van der Waals surface area contributed by atoms with E-state index in [9.17, 15) is 9.59 Å². The van der Waals surface area contributed by atoms with Gasteiger partial charge in [0.25, 0.3) is 0 Å². The monoisotopic (exact) mass is 422 g/mol. The Labute approximate surface area is 185 Å². The van der Waals surface area contributed by atoms with Crippen molar-refractivity contribution < 1.29 is 9.59 Å². The number of amides is 2. The summed E-state index contributed by atoms with van der Waals surface area (Å²) in [6.45, 7) is 12.2. The Kier molecular flexibility index (Phi) is 7.46. The second-order valence-corrected chi connectivity index (χ2v) is 8.70. The summed E-state index contributed by atoms with van der Waals surface area (Å²) >= 11 is 0. The van der Waals surface area contributed by atoms with E-state index >= 15 is 0 Å². The molecule has 31 heavy (non-hydrogen) atoms. The van der Waals surface area contributed by atoms with Crippen molar-refractivity contribution in [3.63, 3.8) is 0 Å². The standard InChI is InChI=1S/C25H34N4O2/c1-17-6-8-21(9-7-17)22(29-12-10-28(5)11-13-29)16-26-24(30)25(31)27-23-19(3)14-18(2)15-20(23)4/h6-9,14-15,22H,10-13,16H2,1-5H3,(H,26,30)(H,27,31). The molecule has 2 aromatic carbocycles. The maximum atomic E-state index is 12.6. The molecule has 1 heterocycles. The second kappa shape index (κ2) is 10.1. The van der Waals surface area contributed by atoms with Crippen molar-refractivity contribution in [2.24, 2.45) is 0 Å². The van der Waals surface area contributed by atoms with Gasteiger partial charge in [0, 0.05) is 38.4 Å². The van der Waals surface area contributed by atoms with Gasteiger partial charge in [-0.2, -0.15) is 0 Å². The van der Waals surface area contributed by atoms with Crippen LogP contribution >= 0.6 is 0 Å². The fourth-order valence-corrected chi connectivity index (χ4v) is 4.20. The number of carbonyl (C=O) groups excluding carboxylic acids is 2. The van der Waals surface area contributed by atoms with E-state index in [2.05, 4.69) is 58.7 Å². The summed E-state index contributed by atoms with van der Waals surface area (Å²) in [5.74, 6) is -1.23. The van der Waals surface area contributed by atoms with Crippen molar-refractivity contribution in [3.05, 3.63) is 64.2 Å². The quantitative estimate of drug-likeness (QED) is 0.727. The molecule has 1 aliphatic heterocycles. The predicted molar refractivity (Wildman–Crippen MR) is 125 cm³/mol. The zero-order chi connectivity index (χ0) is 22.5. The first-order chi connectivity index (χ1) is 14.7. The molecule has 6 heteroatoms. The van der Waals surface area contributed by atoms with Crippen LogP contribution in [0.2, 0.25) is 0 Å². The summed E-state index contributed by atoms with van der Waals surface area (Å²) in [7, 11) is 2.12. The number of piperazine rings is 1. The number of likely N-dealkylation sites (N-methyl/N-ethyl adjacent to an activating group) is 1. The summed E-state index contributed by atoms with van der Waals surface area (Å²) < 4.78 is 0. The van der Waals surface area contributed by atoms with Crippen LogP contribution in [0.25, 0.3) is 0 Å². The first-order valence-corrected chi connectivity index (χ1v) is 10.9. The zero-order valence-electron chi connectivity index (χ0n) is 19.3. The molecule has 2 N–H and O–H groups in total. The summed E-state index contributed by atoms with van der Waals surface area (Å²) in [5, 5.41) is 5.66. The Bertz CT molecular complexity index is 908. The Morgan fingerprint density at radius 2 is 1.45 bits per heavy atom. The highest BCUT2D eigenvalue weighted by Gasteiger charge is 2.25. The summed E-state index contributed by atoms with van der Waals surface area (Å²) in [5.41, 5.74) is 6.10. The number of nitrogens with one attached hydrogen (secondary N) is 2. The summed E-state index contributed by atoms with van der Waals surface area (Å²) in [4.78, 5) is 29.9. The van der Waals surface area contributed by atoms with Crippen molar-refractivity contribution in [1.82, 2.24) is 15.1 Å². The molecule has 0 bridgehead atoms. The number of hydrogen-bond acceptors (Lipinski definition) is 4. The first kappa shape index (κ1) is 23.0. The molecule has 0 aliphatic carbocycles. The van der Waals surface area contributed by atoms with Crippen LogP contribution in [0.1, 0.15) is 33.9 Å². The lowest BCUT2D eigenvalue weighted by atomic mass is 10.0. The smallest absolute Gasteiger partial charge is 0.313 e. The van der Waals surface area contributed by atoms with Gasteiger partial charge >= 0.3 is 11.8 Å². The Morgan fingerprint density at radius 3 is 2.03 bits per heavy atom. The fourth-order valence-electron chi connectivity index (χ4n) is 4.20. The van der Waals surface area contributed by atoms with Crippen LogP contribution in [-0.2, 0) is 9.59 Å². The van der Waals surface area contributed by atoms with E-state index in [0.717, 1.165) is 48.4 Å². The van der Waals surface area contributed by atoms with Gasteiger partial charge in [0.15, 0.2) is 0 Å². The van der Waals surface area contributed by atoms with Gasteiger partial charge < -0.3 is 15.5 Å². The Morgan fingerprint density at radius 1 is 0.871 bits per heavy atom. The van der Waals surface area contributed by atoms with Crippen molar-refractivity contribution in [2.75, 3.05) is 45.1 Å². The zero-order valence-corrected chi connectivity index (χ0v) is 19.3. The molecule has 1 aliphatic rings. The topological polar surface area (TPSA) is 64.7 Å². The molecule has 166 valence electrons. The van der Waals surface area contributed by atoms with Crippen LogP contribution in [0, 0.1) is 27.7 Å². The SMILES string of the molecule is Cc1ccc(C(CNC(=O)C(=O)Nc2c(C)cc(C)cc2C)N2CCN(C)CC2)cc1. The molecule has 2 aromatic rings.